The van der Waals surface area contributed by atoms with Crippen molar-refractivity contribution in [2.45, 2.75) is 16.7 Å². The summed E-state index contributed by atoms with van der Waals surface area (Å²) in [6.07, 6.45) is 0.444. The molecule has 0 amide bonds. The Morgan fingerprint density at radius 1 is 1.25 bits per heavy atom. The van der Waals surface area contributed by atoms with Crippen molar-refractivity contribution in [2.24, 2.45) is 0 Å². The van der Waals surface area contributed by atoms with Gasteiger partial charge in [0.1, 0.15) is 4.21 Å². The van der Waals surface area contributed by atoms with Crippen LogP contribution in [0.25, 0.3) is 0 Å². The average Bonchev–Trinajstić information content (AvgIpc) is 2.86. The number of aliphatic hydroxyl groups is 1. The van der Waals surface area contributed by atoms with Gasteiger partial charge in [-0.1, -0.05) is 30.3 Å². The van der Waals surface area contributed by atoms with Crippen LogP contribution in [0.15, 0.2) is 50.5 Å². The average molecular weight is 376 g/mol. The van der Waals surface area contributed by atoms with E-state index in [0.717, 1.165) is 16.9 Å². The number of thiophene rings is 1. The van der Waals surface area contributed by atoms with E-state index in [2.05, 4.69) is 20.7 Å². The Kier molecular flexibility index (Phi) is 5.34. The minimum absolute atomic E-state index is 0.226. The van der Waals surface area contributed by atoms with Crippen LogP contribution in [0.2, 0.25) is 0 Å². The van der Waals surface area contributed by atoms with E-state index in [-0.39, 0.29) is 10.8 Å². The maximum absolute atomic E-state index is 12.2. The largest absolute Gasteiger partial charge is 0.395 e. The number of hydrogen-bond donors (Lipinski definition) is 2. The van der Waals surface area contributed by atoms with Gasteiger partial charge < -0.3 is 5.11 Å². The molecule has 0 saturated heterocycles. The maximum Gasteiger partial charge on any atom is 0.251 e. The predicted molar refractivity (Wildman–Crippen MR) is 83.4 cm³/mol. The van der Waals surface area contributed by atoms with Crippen molar-refractivity contribution in [3.05, 3.63) is 51.8 Å². The zero-order valence-electron chi connectivity index (χ0n) is 10.5. The van der Waals surface area contributed by atoms with Crippen molar-refractivity contribution in [1.82, 2.24) is 4.72 Å². The molecular formula is C13H14BrNO3S2. The number of nitrogens with one attached hydrogen (secondary N) is 1. The fourth-order valence-electron chi connectivity index (χ4n) is 1.79. The summed E-state index contributed by atoms with van der Waals surface area (Å²) < 4.78 is 27.8. The molecule has 0 unspecified atom stereocenters. The van der Waals surface area contributed by atoms with Crippen molar-refractivity contribution in [1.29, 1.82) is 0 Å². The summed E-state index contributed by atoms with van der Waals surface area (Å²) in [5.74, 6) is 0. The van der Waals surface area contributed by atoms with Crippen LogP contribution in [0.1, 0.15) is 5.56 Å². The number of benzene rings is 1. The highest BCUT2D eigenvalue weighted by Crippen LogP contribution is 2.27. The van der Waals surface area contributed by atoms with E-state index in [9.17, 15) is 13.5 Å². The lowest BCUT2D eigenvalue weighted by atomic mass is 10.1. The first-order chi connectivity index (χ1) is 9.53. The lowest BCUT2D eigenvalue weighted by Crippen LogP contribution is -2.38. The zero-order chi connectivity index (χ0) is 14.6. The van der Waals surface area contributed by atoms with Crippen LogP contribution < -0.4 is 4.72 Å². The molecule has 0 radical (unpaired) electrons. The summed E-state index contributed by atoms with van der Waals surface area (Å²) in [4.78, 5) is 0. The number of sulfonamides is 1. The van der Waals surface area contributed by atoms with Crippen LogP contribution >= 0.6 is 27.3 Å². The van der Waals surface area contributed by atoms with Gasteiger partial charge in [-0.3, -0.25) is 0 Å². The van der Waals surface area contributed by atoms with Gasteiger partial charge in [-0.05, 0) is 39.4 Å². The van der Waals surface area contributed by atoms with E-state index >= 15 is 0 Å². The lowest BCUT2D eigenvalue weighted by molar-refractivity contribution is 0.256. The number of aliphatic hydroxyl groups excluding tert-OH is 1. The van der Waals surface area contributed by atoms with Crippen LogP contribution in [0.3, 0.4) is 0 Å². The Labute approximate surface area is 130 Å². The smallest absolute Gasteiger partial charge is 0.251 e. The summed E-state index contributed by atoms with van der Waals surface area (Å²) in [7, 11) is -3.62. The van der Waals surface area contributed by atoms with E-state index in [0.29, 0.717) is 10.9 Å². The number of rotatable bonds is 6. The van der Waals surface area contributed by atoms with Gasteiger partial charge in [0.2, 0.25) is 0 Å². The SMILES string of the molecule is O=S(=O)(N[C@H](CO)Cc1ccccc1)c1sccc1Br. The van der Waals surface area contributed by atoms with Gasteiger partial charge in [0.05, 0.1) is 6.61 Å². The molecule has 1 heterocycles. The van der Waals surface area contributed by atoms with Crippen LogP contribution in [0.4, 0.5) is 0 Å². The fraction of sp³-hybridized carbons (Fsp3) is 0.231. The number of hydrogen-bond acceptors (Lipinski definition) is 4. The van der Waals surface area contributed by atoms with E-state index < -0.39 is 16.1 Å². The predicted octanol–water partition coefficient (Wildman–Crippen LogP) is 2.39. The summed E-state index contributed by atoms with van der Waals surface area (Å²) in [5.41, 5.74) is 0.972. The Balaban J connectivity index is 2.12. The highest BCUT2D eigenvalue weighted by Gasteiger charge is 2.23. The molecule has 4 nitrogen and oxygen atoms in total. The fourth-order valence-corrected chi connectivity index (χ4v) is 5.37. The lowest BCUT2D eigenvalue weighted by Gasteiger charge is -2.16. The van der Waals surface area contributed by atoms with Gasteiger partial charge in [-0.25, -0.2) is 13.1 Å². The topological polar surface area (TPSA) is 66.4 Å². The van der Waals surface area contributed by atoms with Crippen molar-refractivity contribution >= 4 is 37.3 Å². The zero-order valence-corrected chi connectivity index (χ0v) is 13.7. The molecule has 2 aromatic rings. The molecule has 0 fully saturated rings. The standard InChI is InChI=1S/C13H14BrNO3S2/c14-12-6-7-19-13(12)20(17,18)15-11(9-16)8-10-4-2-1-3-5-10/h1-7,11,15-16H,8-9H2/t11-/m0/s1. The van der Waals surface area contributed by atoms with Crippen molar-refractivity contribution in [2.75, 3.05) is 6.61 Å². The summed E-state index contributed by atoms with van der Waals surface area (Å²) in [6, 6.07) is 10.6. The molecule has 1 atom stereocenters. The molecule has 2 rings (SSSR count). The van der Waals surface area contributed by atoms with Crippen LogP contribution in [-0.4, -0.2) is 26.2 Å². The van der Waals surface area contributed by atoms with E-state index in [1.807, 2.05) is 30.3 Å². The third-order valence-corrected chi connectivity index (χ3v) is 6.89. The second kappa shape index (κ2) is 6.82. The second-order valence-electron chi connectivity index (χ2n) is 4.25. The summed E-state index contributed by atoms with van der Waals surface area (Å²) >= 11 is 4.35. The normalized spacial score (nSPS) is 13.3. The first-order valence-electron chi connectivity index (χ1n) is 5.93. The van der Waals surface area contributed by atoms with Crippen molar-refractivity contribution in [3.63, 3.8) is 0 Å². The van der Waals surface area contributed by atoms with Gasteiger partial charge in [0.25, 0.3) is 10.0 Å². The first-order valence-corrected chi connectivity index (χ1v) is 9.08. The van der Waals surface area contributed by atoms with Gasteiger partial charge in [-0.15, -0.1) is 11.3 Å². The van der Waals surface area contributed by atoms with Crippen LogP contribution in [0.5, 0.6) is 0 Å². The third kappa shape index (κ3) is 3.89. The summed E-state index contributed by atoms with van der Waals surface area (Å²) in [5, 5.41) is 11.1. The van der Waals surface area contributed by atoms with E-state index in [4.69, 9.17) is 0 Å². The molecule has 0 aliphatic rings. The molecule has 0 bridgehead atoms. The van der Waals surface area contributed by atoms with E-state index in [1.54, 1.807) is 11.4 Å². The third-order valence-electron chi connectivity index (χ3n) is 2.70. The van der Waals surface area contributed by atoms with E-state index in [1.165, 1.54) is 0 Å². The Hall–Kier alpha value is -0.730. The first kappa shape index (κ1) is 15.7. The van der Waals surface area contributed by atoms with Gasteiger partial charge >= 0.3 is 0 Å². The van der Waals surface area contributed by atoms with Crippen molar-refractivity contribution in [3.8, 4) is 0 Å². The molecule has 1 aromatic heterocycles. The van der Waals surface area contributed by atoms with Crippen molar-refractivity contribution < 1.29 is 13.5 Å². The second-order valence-corrected chi connectivity index (χ2v) is 7.93. The van der Waals surface area contributed by atoms with Crippen LogP contribution in [0, 0.1) is 0 Å². The van der Waals surface area contributed by atoms with Gasteiger partial charge in [-0.2, -0.15) is 0 Å². The molecular weight excluding hydrogens is 362 g/mol. The minimum Gasteiger partial charge on any atom is -0.395 e. The molecule has 1 aromatic carbocycles. The molecule has 2 N–H and O–H groups in total. The Bertz CT molecular complexity index is 655. The quantitative estimate of drug-likeness (QED) is 0.814. The van der Waals surface area contributed by atoms with Gasteiger partial charge in [0.15, 0.2) is 0 Å². The van der Waals surface area contributed by atoms with Gasteiger partial charge in [0, 0.05) is 10.5 Å². The van der Waals surface area contributed by atoms with Crippen LogP contribution in [-0.2, 0) is 16.4 Å². The molecule has 0 aliphatic carbocycles. The Morgan fingerprint density at radius 2 is 1.95 bits per heavy atom. The highest BCUT2D eigenvalue weighted by atomic mass is 79.9. The molecule has 0 saturated carbocycles. The minimum atomic E-state index is -3.62. The monoisotopic (exact) mass is 375 g/mol. The summed E-state index contributed by atoms with van der Waals surface area (Å²) in [6.45, 7) is -0.253. The number of halogens is 1. The molecule has 7 heteroatoms. The molecule has 108 valence electrons. The highest BCUT2D eigenvalue weighted by molar-refractivity contribution is 9.10. The molecule has 0 aliphatic heterocycles. The Morgan fingerprint density at radius 3 is 2.50 bits per heavy atom. The maximum atomic E-state index is 12.2. The molecule has 20 heavy (non-hydrogen) atoms. The molecule has 0 spiro atoms.